The minimum Gasteiger partial charge on any atom is -0.466 e. The molecule has 0 aliphatic heterocycles. The van der Waals surface area contributed by atoms with Crippen molar-refractivity contribution in [2.45, 2.75) is 32.9 Å². The number of ether oxygens (including phenoxy) is 1. The molecule has 0 heterocycles. The summed E-state index contributed by atoms with van der Waals surface area (Å²) in [5, 5.41) is 6.98. The van der Waals surface area contributed by atoms with Gasteiger partial charge in [-0.1, -0.05) is 0 Å². The Kier molecular flexibility index (Phi) is 8.60. The molecule has 0 saturated heterocycles. The highest BCUT2D eigenvalue weighted by Gasteiger charge is 2.15. The molecule has 5 N–H and O–H groups in total. The molecule has 1 aromatic rings. The fraction of sp³-hybridized carbons (Fsp3) is 0.353. The van der Waals surface area contributed by atoms with E-state index in [9.17, 15) is 24.0 Å². The van der Waals surface area contributed by atoms with E-state index in [1.54, 1.807) is 0 Å². The molecule has 0 aromatic heterocycles. The molecule has 10 nitrogen and oxygen atoms in total. The fourth-order valence-electron chi connectivity index (χ4n) is 1.84. The highest BCUT2D eigenvalue weighted by atomic mass is 16.5. The first-order valence-corrected chi connectivity index (χ1v) is 8.07. The summed E-state index contributed by atoms with van der Waals surface area (Å²) in [5.74, 6) is -1.97. The molecule has 4 amide bonds. The number of benzene rings is 1. The Labute approximate surface area is 155 Å². The Morgan fingerprint density at radius 2 is 1.59 bits per heavy atom. The fourth-order valence-corrected chi connectivity index (χ4v) is 1.84. The molecular formula is C17H22N4O6. The standard InChI is InChI=1S/C17H22N4O6/c1-10(22)9-19-17(26)16(18)27-13-5-3-12(4-6-13)21-15(25)8-7-14(24)20-11(2)23/h3-6,16H,7-9,18H2,1-2H3,(H,19,26)(H,21,25)(H,20,23,24)/t16-/m0/s1. The van der Waals surface area contributed by atoms with Crippen LogP contribution in [0.5, 0.6) is 5.75 Å². The largest absolute Gasteiger partial charge is 0.466 e. The van der Waals surface area contributed by atoms with Crippen LogP contribution in [0, 0.1) is 0 Å². The maximum absolute atomic E-state index is 11.8. The Morgan fingerprint density at radius 1 is 1.00 bits per heavy atom. The zero-order chi connectivity index (χ0) is 20.4. The Morgan fingerprint density at radius 3 is 2.15 bits per heavy atom. The number of amides is 4. The lowest BCUT2D eigenvalue weighted by Crippen LogP contribution is -2.45. The van der Waals surface area contributed by atoms with E-state index in [-0.39, 0.29) is 25.2 Å². The summed E-state index contributed by atoms with van der Waals surface area (Å²) in [4.78, 5) is 56.2. The normalized spacial score (nSPS) is 11.1. The van der Waals surface area contributed by atoms with E-state index < -0.39 is 29.9 Å². The van der Waals surface area contributed by atoms with Crippen molar-refractivity contribution in [3.8, 4) is 5.75 Å². The predicted octanol–water partition coefficient (Wildman–Crippen LogP) is -0.563. The quantitative estimate of drug-likeness (QED) is 0.419. The summed E-state index contributed by atoms with van der Waals surface area (Å²) < 4.78 is 5.24. The Bertz CT molecular complexity index is 717. The third kappa shape index (κ3) is 9.12. The SMILES string of the molecule is CC(=O)CNC(=O)[C@@H](N)Oc1ccc(NC(=O)CCC(=O)NC(C)=O)cc1. The van der Waals surface area contributed by atoms with Crippen LogP contribution in [0.2, 0.25) is 0 Å². The van der Waals surface area contributed by atoms with Crippen LogP contribution in [0.4, 0.5) is 5.69 Å². The number of Topliss-reactive ketones (excluding diaryl/α,β-unsaturated/α-hetero) is 1. The summed E-state index contributed by atoms with van der Waals surface area (Å²) >= 11 is 0. The van der Waals surface area contributed by atoms with Gasteiger partial charge in [0.2, 0.25) is 23.9 Å². The van der Waals surface area contributed by atoms with Gasteiger partial charge in [-0.25, -0.2) is 0 Å². The zero-order valence-electron chi connectivity index (χ0n) is 15.0. The summed E-state index contributed by atoms with van der Waals surface area (Å²) in [5.41, 5.74) is 6.03. The zero-order valence-corrected chi connectivity index (χ0v) is 15.0. The number of nitrogens with one attached hydrogen (secondary N) is 3. The minimum absolute atomic E-state index is 0.0848. The molecule has 1 rings (SSSR count). The van der Waals surface area contributed by atoms with Crippen molar-refractivity contribution in [2.75, 3.05) is 11.9 Å². The van der Waals surface area contributed by atoms with Crippen LogP contribution in [0.15, 0.2) is 24.3 Å². The number of ketones is 1. The molecule has 0 fully saturated rings. The number of hydrogen-bond acceptors (Lipinski definition) is 7. The van der Waals surface area contributed by atoms with Gasteiger partial charge in [0.1, 0.15) is 11.5 Å². The molecular weight excluding hydrogens is 356 g/mol. The van der Waals surface area contributed by atoms with Crippen molar-refractivity contribution in [2.24, 2.45) is 5.73 Å². The first kappa shape index (κ1) is 21.8. The monoisotopic (exact) mass is 378 g/mol. The Balaban J connectivity index is 2.45. The first-order valence-electron chi connectivity index (χ1n) is 8.07. The van der Waals surface area contributed by atoms with Crippen LogP contribution >= 0.6 is 0 Å². The topological polar surface area (TPSA) is 157 Å². The van der Waals surface area contributed by atoms with Crippen molar-refractivity contribution in [1.82, 2.24) is 10.6 Å². The van der Waals surface area contributed by atoms with Gasteiger partial charge in [-0.15, -0.1) is 0 Å². The second kappa shape index (κ2) is 10.7. The van der Waals surface area contributed by atoms with Gasteiger partial charge in [0, 0.05) is 25.5 Å². The average Bonchev–Trinajstić information content (AvgIpc) is 2.59. The third-order valence-electron chi connectivity index (χ3n) is 3.07. The van der Waals surface area contributed by atoms with Gasteiger partial charge in [0.15, 0.2) is 0 Å². The molecule has 0 radical (unpaired) electrons. The van der Waals surface area contributed by atoms with Gasteiger partial charge in [-0.3, -0.25) is 35.0 Å². The second-order valence-corrected chi connectivity index (χ2v) is 5.64. The molecule has 0 unspecified atom stereocenters. The van der Waals surface area contributed by atoms with E-state index in [1.165, 1.54) is 38.1 Å². The van der Waals surface area contributed by atoms with E-state index >= 15 is 0 Å². The highest BCUT2D eigenvalue weighted by Crippen LogP contribution is 2.16. The smallest absolute Gasteiger partial charge is 0.276 e. The molecule has 10 heteroatoms. The lowest BCUT2D eigenvalue weighted by molar-refractivity contribution is -0.130. The molecule has 0 bridgehead atoms. The van der Waals surface area contributed by atoms with E-state index in [0.29, 0.717) is 11.4 Å². The molecule has 1 atom stereocenters. The van der Waals surface area contributed by atoms with E-state index in [0.717, 1.165) is 0 Å². The van der Waals surface area contributed by atoms with E-state index in [2.05, 4.69) is 16.0 Å². The van der Waals surface area contributed by atoms with Crippen LogP contribution < -0.4 is 26.4 Å². The molecule has 0 aliphatic carbocycles. The molecule has 0 aliphatic rings. The van der Waals surface area contributed by atoms with Gasteiger partial charge in [-0.2, -0.15) is 0 Å². The van der Waals surface area contributed by atoms with Gasteiger partial charge in [0.05, 0.1) is 6.54 Å². The maximum Gasteiger partial charge on any atom is 0.276 e. The van der Waals surface area contributed by atoms with E-state index in [4.69, 9.17) is 10.5 Å². The summed E-state index contributed by atoms with van der Waals surface area (Å²) in [7, 11) is 0. The van der Waals surface area contributed by atoms with Gasteiger partial charge in [-0.05, 0) is 31.2 Å². The van der Waals surface area contributed by atoms with Gasteiger partial charge >= 0.3 is 0 Å². The van der Waals surface area contributed by atoms with Crippen LogP contribution in [-0.2, 0) is 24.0 Å². The highest BCUT2D eigenvalue weighted by molar-refractivity contribution is 5.97. The van der Waals surface area contributed by atoms with Gasteiger partial charge < -0.3 is 15.4 Å². The summed E-state index contributed by atoms with van der Waals surface area (Å²) in [6, 6.07) is 6.05. The lowest BCUT2D eigenvalue weighted by atomic mass is 10.2. The van der Waals surface area contributed by atoms with Crippen molar-refractivity contribution in [1.29, 1.82) is 0 Å². The van der Waals surface area contributed by atoms with Crippen LogP contribution in [0.3, 0.4) is 0 Å². The minimum atomic E-state index is -1.29. The molecule has 146 valence electrons. The summed E-state index contributed by atoms with van der Waals surface area (Å²) in [6.45, 7) is 2.40. The third-order valence-corrected chi connectivity index (χ3v) is 3.07. The van der Waals surface area contributed by atoms with E-state index in [1.807, 2.05) is 0 Å². The number of carbonyl (C=O) groups is 5. The van der Waals surface area contributed by atoms with Crippen LogP contribution in [0.25, 0.3) is 0 Å². The second-order valence-electron chi connectivity index (χ2n) is 5.64. The Hall–Kier alpha value is -3.27. The van der Waals surface area contributed by atoms with Crippen molar-refractivity contribution in [3.05, 3.63) is 24.3 Å². The number of hydrogen-bond donors (Lipinski definition) is 4. The van der Waals surface area contributed by atoms with Crippen LogP contribution in [-0.4, -0.2) is 42.2 Å². The van der Waals surface area contributed by atoms with Crippen molar-refractivity contribution in [3.63, 3.8) is 0 Å². The number of anilines is 1. The predicted molar refractivity (Wildman–Crippen MR) is 95.4 cm³/mol. The molecule has 1 aromatic carbocycles. The number of carbonyl (C=O) groups excluding carboxylic acids is 5. The van der Waals surface area contributed by atoms with Crippen molar-refractivity contribution < 1.29 is 28.7 Å². The van der Waals surface area contributed by atoms with Crippen molar-refractivity contribution >= 4 is 35.1 Å². The lowest BCUT2D eigenvalue weighted by Gasteiger charge is -2.14. The average molecular weight is 378 g/mol. The number of imide groups is 1. The number of nitrogens with two attached hydrogens (primary N) is 1. The first-order chi connectivity index (χ1) is 12.7. The summed E-state index contributed by atoms with van der Waals surface area (Å²) in [6.07, 6.45) is -1.49. The molecule has 0 saturated carbocycles. The molecule has 27 heavy (non-hydrogen) atoms. The van der Waals surface area contributed by atoms with Gasteiger partial charge in [0.25, 0.3) is 5.91 Å². The van der Waals surface area contributed by atoms with Crippen LogP contribution in [0.1, 0.15) is 26.7 Å². The maximum atomic E-state index is 11.8. The number of rotatable bonds is 9. The molecule has 0 spiro atoms.